The third-order valence-corrected chi connectivity index (χ3v) is 11.2. The third kappa shape index (κ3) is 6.26. The molecule has 0 N–H and O–H groups in total. The first-order chi connectivity index (χ1) is 23.8. The molecule has 0 amide bonds. The van der Waals surface area contributed by atoms with E-state index in [4.69, 9.17) is 0 Å². The Hall–Kier alpha value is -4.42. The van der Waals surface area contributed by atoms with E-state index < -0.39 is 0 Å². The molecule has 4 aliphatic carbocycles. The Labute approximate surface area is 307 Å². The van der Waals surface area contributed by atoms with E-state index in [1.807, 2.05) is 0 Å². The number of fused-ring (bicyclic) bond motifs is 4. The summed E-state index contributed by atoms with van der Waals surface area (Å²) in [5.74, 6) is -0.000765. The van der Waals surface area contributed by atoms with Gasteiger partial charge in [-0.3, -0.25) is 0 Å². The number of hydrogen-bond donors (Lipinski definition) is 0. The van der Waals surface area contributed by atoms with Crippen LogP contribution in [0.3, 0.4) is 0 Å². The summed E-state index contributed by atoms with van der Waals surface area (Å²) in [5.41, 5.74) is 15.1. The topological polar surface area (TPSA) is 0 Å². The van der Waals surface area contributed by atoms with Gasteiger partial charge in [-0.25, -0.2) is 0 Å². The van der Waals surface area contributed by atoms with E-state index in [-0.39, 0.29) is 27.6 Å². The van der Waals surface area contributed by atoms with Crippen LogP contribution in [0, 0.1) is 0 Å². The van der Waals surface area contributed by atoms with Gasteiger partial charge in [-0.1, -0.05) is 192 Å². The van der Waals surface area contributed by atoms with Crippen molar-refractivity contribution in [1.82, 2.24) is 0 Å². The molecule has 4 aliphatic rings. The van der Waals surface area contributed by atoms with Crippen LogP contribution < -0.4 is 0 Å². The van der Waals surface area contributed by atoms with Gasteiger partial charge in [0, 0.05) is 5.92 Å². The number of benzene rings is 3. The summed E-state index contributed by atoms with van der Waals surface area (Å²) in [6.07, 6.45) is 0. The van der Waals surface area contributed by atoms with E-state index in [1.165, 1.54) is 82.7 Å². The van der Waals surface area contributed by atoms with Crippen LogP contribution in [0.5, 0.6) is 0 Å². The fourth-order valence-corrected chi connectivity index (χ4v) is 8.32. The highest BCUT2D eigenvalue weighted by Gasteiger charge is 2.35. The second kappa shape index (κ2) is 12.1. The molecule has 0 heterocycles. The van der Waals surface area contributed by atoms with Crippen LogP contribution in [-0.4, -0.2) is 0 Å². The summed E-state index contributed by atoms with van der Waals surface area (Å²) in [7, 11) is 0. The van der Waals surface area contributed by atoms with Crippen LogP contribution in [0.4, 0.5) is 0 Å². The van der Waals surface area contributed by atoms with Gasteiger partial charge >= 0.3 is 0 Å². The fraction of sp³-hybridized carbons (Fsp3) is 0.333. The Morgan fingerprint density at radius 1 is 0.353 bits per heavy atom. The van der Waals surface area contributed by atoms with Crippen LogP contribution in [0.15, 0.2) is 115 Å². The molecule has 0 nitrogen and oxygen atoms in total. The molecule has 0 atom stereocenters. The van der Waals surface area contributed by atoms with Crippen LogP contribution in [0.25, 0.3) is 43.8 Å². The Balaban J connectivity index is 1.69. The van der Waals surface area contributed by atoms with Crippen molar-refractivity contribution in [3.8, 4) is 22.3 Å². The molecule has 51 heavy (non-hydrogen) atoms. The van der Waals surface area contributed by atoms with Crippen molar-refractivity contribution in [3.05, 3.63) is 154 Å². The van der Waals surface area contributed by atoms with Gasteiger partial charge < -0.3 is 0 Å². The van der Waals surface area contributed by atoms with Gasteiger partial charge in [0.1, 0.15) is 0 Å². The van der Waals surface area contributed by atoms with E-state index in [0.717, 1.165) is 0 Å². The number of hydrogen-bond acceptors (Lipinski definition) is 0. The van der Waals surface area contributed by atoms with Gasteiger partial charge in [-0.05, 0) is 110 Å². The highest BCUT2D eigenvalue weighted by molar-refractivity contribution is 6.04. The lowest BCUT2D eigenvalue weighted by atomic mass is 9.79. The Morgan fingerprint density at radius 3 is 1.06 bits per heavy atom. The van der Waals surface area contributed by atoms with Crippen molar-refractivity contribution in [1.29, 1.82) is 0 Å². The second-order valence-electron chi connectivity index (χ2n) is 19.1. The zero-order chi connectivity index (χ0) is 36.7. The first kappa shape index (κ1) is 35.0. The summed E-state index contributed by atoms with van der Waals surface area (Å²) in [4.78, 5) is 0. The van der Waals surface area contributed by atoms with E-state index in [9.17, 15) is 0 Å². The van der Waals surface area contributed by atoms with Gasteiger partial charge in [-0.15, -0.1) is 0 Å². The molecule has 0 bridgehead atoms. The Morgan fingerprint density at radius 2 is 0.706 bits per heavy atom. The standard InChI is InChI=1S/C51H56/c1-48(2,3)34-21-25-38-40(27-23-34)44(50(7,8)9)30-42(38)47(46-36-19-15-13-17-32(36)29-33-18-14-16-20-37(33)46)43-31-45(51(10,11)12)41-28-24-35(49(4,5)6)22-26-39(41)43/h13-31,47H,1-12H3. The maximum atomic E-state index is 2.57. The lowest BCUT2D eigenvalue weighted by Crippen LogP contribution is -2.11. The molecular formula is C51H56. The van der Waals surface area contributed by atoms with Gasteiger partial charge in [0.05, 0.1) is 0 Å². The van der Waals surface area contributed by atoms with Gasteiger partial charge in [0.25, 0.3) is 0 Å². The molecule has 0 heteroatoms. The Bertz CT molecular complexity index is 2170. The largest absolute Gasteiger partial charge is 0.0616 e. The van der Waals surface area contributed by atoms with Crippen molar-refractivity contribution < 1.29 is 0 Å². The molecule has 3 aromatic carbocycles. The van der Waals surface area contributed by atoms with E-state index >= 15 is 0 Å². The lowest BCUT2D eigenvalue weighted by Gasteiger charge is -2.24. The molecule has 0 spiro atoms. The molecule has 3 aromatic rings. The first-order valence-corrected chi connectivity index (χ1v) is 18.9. The molecule has 7 rings (SSSR count). The Kier molecular flexibility index (Phi) is 8.29. The SMILES string of the molecule is CC(C)(C)c1ccc2c(C(c3cc(C(C)(C)C)c4ccc(C(C)(C)C)ccc3-4)c3c4ccccc4cc4ccccc34)cc(C(C)(C)C)c-2cc1. The van der Waals surface area contributed by atoms with Crippen molar-refractivity contribution in [2.45, 2.75) is 111 Å². The van der Waals surface area contributed by atoms with Crippen LogP contribution in [0.2, 0.25) is 0 Å². The van der Waals surface area contributed by atoms with Crippen molar-refractivity contribution in [2.24, 2.45) is 0 Å². The minimum atomic E-state index is -0.0309. The minimum absolute atomic E-state index is 0.000765. The first-order valence-electron chi connectivity index (χ1n) is 18.9. The normalized spacial score (nSPS) is 13.3. The van der Waals surface area contributed by atoms with Gasteiger partial charge in [-0.2, -0.15) is 0 Å². The van der Waals surface area contributed by atoms with Crippen LogP contribution >= 0.6 is 0 Å². The summed E-state index contributed by atoms with van der Waals surface area (Å²) in [5, 5.41) is 5.23. The zero-order valence-corrected chi connectivity index (χ0v) is 33.0. The second-order valence-corrected chi connectivity index (χ2v) is 19.1. The molecule has 0 aliphatic heterocycles. The van der Waals surface area contributed by atoms with Gasteiger partial charge in [0.15, 0.2) is 0 Å². The summed E-state index contributed by atoms with van der Waals surface area (Å²) >= 11 is 0. The molecule has 0 saturated heterocycles. The molecule has 0 fully saturated rings. The van der Waals surface area contributed by atoms with Crippen LogP contribution in [-0.2, 0) is 21.7 Å². The third-order valence-electron chi connectivity index (χ3n) is 11.2. The smallest absolute Gasteiger partial charge is 0.0364 e. The summed E-state index contributed by atoms with van der Waals surface area (Å²) in [6, 6.07) is 44.8. The van der Waals surface area contributed by atoms with Gasteiger partial charge in [0.2, 0.25) is 0 Å². The van der Waals surface area contributed by atoms with Crippen molar-refractivity contribution in [3.63, 3.8) is 0 Å². The van der Waals surface area contributed by atoms with E-state index in [1.54, 1.807) is 0 Å². The predicted octanol–water partition coefficient (Wildman–Crippen LogP) is 14.6. The monoisotopic (exact) mass is 668 g/mol. The van der Waals surface area contributed by atoms with E-state index in [0.29, 0.717) is 0 Å². The molecular weight excluding hydrogens is 613 g/mol. The molecule has 0 unspecified atom stereocenters. The minimum Gasteiger partial charge on any atom is -0.0616 e. The van der Waals surface area contributed by atoms with Crippen LogP contribution in [0.1, 0.15) is 128 Å². The maximum absolute atomic E-state index is 2.57. The maximum Gasteiger partial charge on any atom is 0.0364 e. The summed E-state index contributed by atoms with van der Waals surface area (Å²) < 4.78 is 0. The molecule has 0 radical (unpaired) electrons. The van der Waals surface area contributed by atoms with Crippen molar-refractivity contribution >= 4 is 21.5 Å². The predicted molar refractivity (Wildman–Crippen MR) is 223 cm³/mol. The average molecular weight is 669 g/mol. The average Bonchev–Trinajstić information content (AvgIpc) is 3.38. The number of rotatable bonds is 3. The highest BCUT2D eigenvalue weighted by Crippen LogP contribution is 2.53. The zero-order valence-electron chi connectivity index (χ0n) is 33.0. The van der Waals surface area contributed by atoms with Crippen molar-refractivity contribution in [2.75, 3.05) is 0 Å². The molecule has 260 valence electrons. The molecule has 0 saturated carbocycles. The van der Waals surface area contributed by atoms with E-state index in [2.05, 4.69) is 198 Å². The molecule has 0 aromatic heterocycles. The highest BCUT2D eigenvalue weighted by atomic mass is 14.4. The lowest BCUT2D eigenvalue weighted by molar-refractivity contribution is 0.590. The quantitative estimate of drug-likeness (QED) is 0.164. The summed E-state index contributed by atoms with van der Waals surface area (Å²) in [6.45, 7) is 28.1. The fourth-order valence-electron chi connectivity index (χ4n) is 8.32.